The lowest BCUT2D eigenvalue weighted by Gasteiger charge is -2.11. The van der Waals surface area contributed by atoms with Gasteiger partial charge in [0, 0.05) is 12.0 Å². The van der Waals surface area contributed by atoms with E-state index in [0.717, 1.165) is 5.56 Å². The highest BCUT2D eigenvalue weighted by Crippen LogP contribution is 2.25. The van der Waals surface area contributed by atoms with Gasteiger partial charge in [-0.15, -0.1) is 0 Å². The first-order chi connectivity index (χ1) is 6.70. The summed E-state index contributed by atoms with van der Waals surface area (Å²) in [6.07, 6.45) is 0.612. The molecular weight excluding hydrogens is 185 g/mol. The van der Waals surface area contributed by atoms with Crippen molar-refractivity contribution in [2.45, 2.75) is 13.3 Å². The first-order valence-electron chi connectivity index (χ1n) is 4.34. The van der Waals surface area contributed by atoms with Crippen LogP contribution in [0.5, 0.6) is 5.75 Å². The second-order valence-electron chi connectivity index (χ2n) is 2.99. The SMILES string of the molecule is COc1c(CCON)ccc(F)c1C. The number of benzene rings is 1. The van der Waals surface area contributed by atoms with Gasteiger partial charge in [0.1, 0.15) is 11.6 Å². The number of nitrogens with two attached hydrogens (primary N) is 1. The second kappa shape index (κ2) is 4.93. The van der Waals surface area contributed by atoms with Crippen LogP contribution in [0.15, 0.2) is 12.1 Å². The molecule has 0 aliphatic heterocycles. The summed E-state index contributed by atoms with van der Waals surface area (Å²) in [6, 6.07) is 3.10. The van der Waals surface area contributed by atoms with Crippen LogP contribution < -0.4 is 10.6 Å². The number of halogens is 1. The molecule has 0 radical (unpaired) electrons. The lowest BCUT2D eigenvalue weighted by atomic mass is 10.1. The smallest absolute Gasteiger partial charge is 0.129 e. The molecule has 0 saturated carbocycles. The fraction of sp³-hybridized carbons (Fsp3) is 0.400. The van der Waals surface area contributed by atoms with Gasteiger partial charge in [0.25, 0.3) is 0 Å². The Kier molecular flexibility index (Phi) is 3.85. The van der Waals surface area contributed by atoms with E-state index in [4.69, 9.17) is 10.6 Å². The largest absolute Gasteiger partial charge is 0.496 e. The van der Waals surface area contributed by atoms with Crippen LogP contribution in [0.2, 0.25) is 0 Å². The summed E-state index contributed by atoms with van der Waals surface area (Å²) in [5.41, 5.74) is 1.42. The highest BCUT2D eigenvalue weighted by molar-refractivity contribution is 5.41. The predicted molar refractivity (Wildman–Crippen MR) is 51.5 cm³/mol. The Hall–Kier alpha value is -1.13. The number of ether oxygens (including phenoxy) is 1. The maximum atomic E-state index is 13.1. The van der Waals surface area contributed by atoms with E-state index < -0.39 is 0 Å². The van der Waals surface area contributed by atoms with Crippen molar-refractivity contribution < 1.29 is 14.0 Å². The van der Waals surface area contributed by atoms with E-state index in [9.17, 15) is 4.39 Å². The number of methoxy groups -OCH3 is 1. The van der Waals surface area contributed by atoms with Crippen molar-refractivity contribution in [3.8, 4) is 5.75 Å². The predicted octanol–water partition coefficient (Wildman–Crippen LogP) is 1.58. The zero-order chi connectivity index (χ0) is 10.6. The average Bonchev–Trinajstić information content (AvgIpc) is 2.20. The molecule has 0 aromatic heterocycles. The highest BCUT2D eigenvalue weighted by Gasteiger charge is 2.09. The van der Waals surface area contributed by atoms with Crippen molar-refractivity contribution in [3.63, 3.8) is 0 Å². The van der Waals surface area contributed by atoms with E-state index in [1.54, 1.807) is 13.0 Å². The number of rotatable bonds is 4. The lowest BCUT2D eigenvalue weighted by molar-refractivity contribution is 0.140. The van der Waals surface area contributed by atoms with Crippen molar-refractivity contribution in [1.82, 2.24) is 0 Å². The fourth-order valence-corrected chi connectivity index (χ4v) is 1.37. The molecule has 3 nitrogen and oxygen atoms in total. The highest BCUT2D eigenvalue weighted by atomic mass is 19.1. The molecule has 78 valence electrons. The van der Waals surface area contributed by atoms with Gasteiger partial charge < -0.3 is 9.57 Å². The molecule has 0 saturated heterocycles. The van der Waals surface area contributed by atoms with E-state index >= 15 is 0 Å². The van der Waals surface area contributed by atoms with E-state index in [2.05, 4.69) is 4.84 Å². The van der Waals surface area contributed by atoms with Crippen molar-refractivity contribution in [3.05, 3.63) is 29.1 Å². The Morgan fingerprint density at radius 2 is 2.14 bits per heavy atom. The first kappa shape index (κ1) is 10.9. The Morgan fingerprint density at radius 1 is 1.43 bits per heavy atom. The molecule has 4 heteroatoms. The minimum Gasteiger partial charge on any atom is -0.496 e. The summed E-state index contributed by atoms with van der Waals surface area (Å²) in [4.78, 5) is 4.47. The summed E-state index contributed by atoms with van der Waals surface area (Å²) in [5, 5.41) is 0. The van der Waals surface area contributed by atoms with Crippen LogP contribution in [-0.4, -0.2) is 13.7 Å². The van der Waals surface area contributed by atoms with E-state index in [0.29, 0.717) is 24.3 Å². The van der Waals surface area contributed by atoms with Gasteiger partial charge in [-0.05, 0) is 18.6 Å². The van der Waals surface area contributed by atoms with Crippen molar-refractivity contribution in [2.24, 2.45) is 5.90 Å². The minimum atomic E-state index is -0.265. The molecule has 0 spiro atoms. The van der Waals surface area contributed by atoms with Crippen LogP contribution in [-0.2, 0) is 11.3 Å². The molecule has 0 heterocycles. The molecule has 0 aliphatic rings. The summed E-state index contributed by atoms with van der Waals surface area (Å²) >= 11 is 0. The quantitative estimate of drug-likeness (QED) is 0.749. The topological polar surface area (TPSA) is 44.5 Å². The molecule has 0 fully saturated rings. The Morgan fingerprint density at radius 3 is 2.71 bits per heavy atom. The van der Waals surface area contributed by atoms with Crippen LogP contribution >= 0.6 is 0 Å². The van der Waals surface area contributed by atoms with E-state index in [1.807, 2.05) is 0 Å². The second-order valence-corrected chi connectivity index (χ2v) is 2.99. The molecule has 1 rings (SSSR count). The van der Waals surface area contributed by atoms with E-state index in [-0.39, 0.29) is 5.82 Å². The van der Waals surface area contributed by atoms with Crippen molar-refractivity contribution >= 4 is 0 Å². The third-order valence-corrected chi connectivity index (χ3v) is 2.11. The van der Waals surface area contributed by atoms with Crippen LogP contribution in [0, 0.1) is 12.7 Å². The average molecular weight is 199 g/mol. The fourth-order valence-electron chi connectivity index (χ4n) is 1.37. The maximum absolute atomic E-state index is 13.1. The zero-order valence-corrected chi connectivity index (χ0v) is 8.34. The molecule has 0 atom stereocenters. The Bertz CT molecular complexity index is 315. The Labute approximate surface area is 82.6 Å². The zero-order valence-electron chi connectivity index (χ0n) is 8.34. The molecule has 0 unspecified atom stereocenters. The van der Waals surface area contributed by atoms with Crippen molar-refractivity contribution in [1.29, 1.82) is 0 Å². The molecule has 14 heavy (non-hydrogen) atoms. The van der Waals surface area contributed by atoms with Gasteiger partial charge in [0.15, 0.2) is 0 Å². The van der Waals surface area contributed by atoms with Crippen LogP contribution in [0.25, 0.3) is 0 Å². The number of hydrogen-bond acceptors (Lipinski definition) is 3. The molecule has 0 amide bonds. The molecule has 2 N–H and O–H groups in total. The molecule has 1 aromatic carbocycles. The summed E-state index contributed by atoms with van der Waals surface area (Å²) in [5.74, 6) is 5.23. The summed E-state index contributed by atoms with van der Waals surface area (Å²) < 4.78 is 18.3. The van der Waals surface area contributed by atoms with Gasteiger partial charge in [-0.25, -0.2) is 10.3 Å². The molecule has 1 aromatic rings. The summed E-state index contributed by atoms with van der Waals surface area (Å²) in [7, 11) is 1.52. The van der Waals surface area contributed by atoms with Gasteiger partial charge in [0.05, 0.1) is 13.7 Å². The standard InChI is InChI=1S/C10H14FNO2/c1-7-9(11)4-3-8(5-6-14-12)10(7)13-2/h3-4H,5-6,12H2,1-2H3. The maximum Gasteiger partial charge on any atom is 0.129 e. The summed E-state index contributed by atoms with van der Waals surface area (Å²) in [6.45, 7) is 2.07. The molecular formula is C10H14FNO2. The Balaban J connectivity index is 2.98. The van der Waals surface area contributed by atoms with Crippen LogP contribution in [0.1, 0.15) is 11.1 Å². The number of hydrogen-bond donors (Lipinski definition) is 1. The van der Waals surface area contributed by atoms with Crippen LogP contribution in [0.4, 0.5) is 4.39 Å². The lowest BCUT2D eigenvalue weighted by Crippen LogP contribution is -2.06. The first-order valence-corrected chi connectivity index (χ1v) is 4.34. The van der Waals surface area contributed by atoms with Gasteiger partial charge in [-0.3, -0.25) is 0 Å². The molecule has 0 aliphatic carbocycles. The van der Waals surface area contributed by atoms with Crippen LogP contribution in [0.3, 0.4) is 0 Å². The monoisotopic (exact) mass is 199 g/mol. The normalized spacial score (nSPS) is 10.3. The van der Waals surface area contributed by atoms with Gasteiger partial charge in [-0.2, -0.15) is 0 Å². The van der Waals surface area contributed by atoms with Gasteiger partial charge in [0.2, 0.25) is 0 Å². The van der Waals surface area contributed by atoms with Gasteiger partial charge >= 0.3 is 0 Å². The van der Waals surface area contributed by atoms with Gasteiger partial charge in [-0.1, -0.05) is 6.07 Å². The third kappa shape index (κ3) is 2.21. The molecule has 0 bridgehead atoms. The van der Waals surface area contributed by atoms with Crippen molar-refractivity contribution in [2.75, 3.05) is 13.7 Å². The van der Waals surface area contributed by atoms with E-state index in [1.165, 1.54) is 13.2 Å². The third-order valence-electron chi connectivity index (χ3n) is 2.11. The minimum absolute atomic E-state index is 0.265.